The Labute approximate surface area is 113 Å². The Balaban J connectivity index is 1.74. The zero-order chi connectivity index (χ0) is 12.1. The van der Waals surface area contributed by atoms with Crippen LogP contribution >= 0.6 is 11.6 Å². The lowest BCUT2D eigenvalue weighted by molar-refractivity contribution is 0.575. The summed E-state index contributed by atoms with van der Waals surface area (Å²) in [5.74, 6) is 2.59. The van der Waals surface area contributed by atoms with Crippen LogP contribution in [0.2, 0.25) is 0 Å². The number of hydrogen-bond acceptors (Lipinski definition) is 0. The van der Waals surface area contributed by atoms with E-state index < -0.39 is 0 Å². The number of benzene rings is 2. The highest BCUT2D eigenvalue weighted by Gasteiger charge is 2.55. The predicted molar refractivity (Wildman–Crippen MR) is 76.9 cm³/mol. The van der Waals surface area contributed by atoms with E-state index in [0.29, 0.717) is 0 Å². The first-order chi connectivity index (χ1) is 8.86. The number of rotatable bonds is 2. The highest BCUT2D eigenvalue weighted by molar-refractivity contribution is 6.22. The highest BCUT2D eigenvalue weighted by atomic mass is 35.5. The van der Waals surface area contributed by atoms with E-state index in [1.807, 2.05) is 0 Å². The zero-order valence-corrected chi connectivity index (χ0v) is 11.1. The second-order valence-electron chi connectivity index (χ2n) is 5.81. The molecule has 0 N–H and O–H groups in total. The summed E-state index contributed by atoms with van der Waals surface area (Å²) < 4.78 is 0. The fraction of sp³-hybridized carbons (Fsp3) is 0.412. The molecular weight excluding hydrogens is 240 g/mol. The summed E-state index contributed by atoms with van der Waals surface area (Å²) in [7, 11) is 0. The quantitative estimate of drug-likeness (QED) is 0.651. The molecule has 0 amide bonds. The Morgan fingerprint density at radius 1 is 0.944 bits per heavy atom. The molecule has 2 aliphatic carbocycles. The van der Waals surface area contributed by atoms with Crippen molar-refractivity contribution in [3.8, 4) is 0 Å². The van der Waals surface area contributed by atoms with Gasteiger partial charge >= 0.3 is 0 Å². The Kier molecular flexibility index (Phi) is 2.41. The Morgan fingerprint density at radius 2 is 1.67 bits per heavy atom. The minimum Gasteiger partial charge on any atom is -0.117 e. The molecule has 3 atom stereocenters. The van der Waals surface area contributed by atoms with Crippen LogP contribution in [0, 0.1) is 17.8 Å². The summed E-state index contributed by atoms with van der Waals surface area (Å²) in [5.41, 5.74) is 1.34. The van der Waals surface area contributed by atoms with Crippen LogP contribution in [0.25, 0.3) is 10.8 Å². The molecule has 0 spiro atoms. The van der Waals surface area contributed by atoms with Crippen LogP contribution in [0.1, 0.15) is 30.2 Å². The number of halogens is 1. The molecule has 0 saturated heterocycles. The SMILES string of the molecule is ClC(c1cccc2ccccc12)C1C2CCCC21. The largest absolute Gasteiger partial charge is 0.117 e. The van der Waals surface area contributed by atoms with Crippen LogP contribution in [-0.4, -0.2) is 0 Å². The lowest BCUT2D eigenvalue weighted by atomic mass is 9.97. The second-order valence-corrected chi connectivity index (χ2v) is 6.28. The van der Waals surface area contributed by atoms with E-state index in [0.717, 1.165) is 17.8 Å². The van der Waals surface area contributed by atoms with E-state index in [4.69, 9.17) is 11.6 Å². The molecule has 0 nitrogen and oxygen atoms in total. The molecule has 2 aromatic carbocycles. The fourth-order valence-corrected chi connectivity index (χ4v) is 4.57. The minimum atomic E-state index is 0.214. The maximum absolute atomic E-state index is 6.78. The van der Waals surface area contributed by atoms with Crippen molar-refractivity contribution in [2.24, 2.45) is 17.8 Å². The molecule has 0 aromatic heterocycles. The maximum Gasteiger partial charge on any atom is 0.0624 e. The van der Waals surface area contributed by atoms with Crippen molar-refractivity contribution < 1.29 is 0 Å². The third-order valence-corrected chi connectivity index (χ3v) is 5.46. The lowest BCUT2D eigenvalue weighted by Gasteiger charge is -2.14. The molecule has 2 aliphatic rings. The van der Waals surface area contributed by atoms with Crippen LogP contribution in [0.4, 0.5) is 0 Å². The van der Waals surface area contributed by atoms with Gasteiger partial charge in [-0.2, -0.15) is 0 Å². The van der Waals surface area contributed by atoms with Gasteiger partial charge in [-0.1, -0.05) is 48.9 Å². The molecule has 1 heteroatoms. The van der Waals surface area contributed by atoms with Gasteiger partial charge in [0.15, 0.2) is 0 Å². The van der Waals surface area contributed by atoms with Crippen LogP contribution in [-0.2, 0) is 0 Å². The van der Waals surface area contributed by atoms with Crippen molar-refractivity contribution in [3.63, 3.8) is 0 Å². The molecule has 2 saturated carbocycles. The van der Waals surface area contributed by atoms with Crippen LogP contribution in [0.3, 0.4) is 0 Å². The molecule has 2 fully saturated rings. The van der Waals surface area contributed by atoms with Gasteiger partial charge in [-0.15, -0.1) is 11.6 Å². The van der Waals surface area contributed by atoms with Gasteiger partial charge in [0.25, 0.3) is 0 Å². The monoisotopic (exact) mass is 256 g/mol. The van der Waals surface area contributed by atoms with Gasteiger partial charge < -0.3 is 0 Å². The van der Waals surface area contributed by atoms with Crippen LogP contribution in [0.15, 0.2) is 42.5 Å². The van der Waals surface area contributed by atoms with E-state index in [1.54, 1.807) is 0 Å². The summed E-state index contributed by atoms with van der Waals surface area (Å²) >= 11 is 6.78. The third-order valence-electron chi connectivity index (χ3n) is 4.93. The predicted octanol–water partition coefficient (Wildman–Crippen LogP) is 5.17. The van der Waals surface area contributed by atoms with Gasteiger partial charge in [0, 0.05) is 0 Å². The molecule has 0 aliphatic heterocycles. The van der Waals surface area contributed by atoms with Crippen molar-refractivity contribution in [2.75, 3.05) is 0 Å². The molecule has 18 heavy (non-hydrogen) atoms. The molecule has 4 rings (SSSR count). The molecule has 0 radical (unpaired) electrons. The lowest BCUT2D eigenvalue weighted by Crippen LogP contribution is -1.99. The summed E-state index contributed by atoms with van der Waals surface area (Å²) in [5, 5.41) is 2.86. The van der Waals surface area contributed by atoms with Crippen molar-refractivity contribution in [2.45, 2.75) is 24.6 Å². The van der Waals surface area contributed by atoms with Gasteiger partial charge in [0.2, 0.25) is 0 Å². The van der Waals surface area contributed by atoms with Gasteiger partial charge in [-0.3, -0.25) is 0 Å². The molecule has 3 unspecified atom stereocenters. The second kappa shape index (κ2) is 3.99. The number of alkyl halides is 1. The smallest absolute Gasteiger partial charge is 0.0624 e. The maximum atomic E-state index is 6.78. The molecule has 0 heterocycles. The van der Waals surface area contributed by atoms with E-state index in [-0.39, 0.29) is 5.38 Å². The summed E-state index contributed by atoms with van der Waals surface area (Å²) in [6, 6.07) is 15.1. The van der Waals surface area contributed by atoms with Crippen molar-refractivity contribution in [1.82, 2.24) is 0 Å². The standard InChI is InChI=1S/C17H17Cl/c18-17(16-13-8-4-9-14(13)16)15-10-3-6-11-5-1-2-7-12(11)15/h1-3,5-7,10,13-14,16-17H,4,8-9H2. The average molecular weight is 257 g/mol. The number of fused-ring (bicyclic) bond motifs is 2. The van der Waals surface area contributed by atoms with Crippen molar-refractivity contribution in [3.05, 3.63) is 48.0 Å². The van der Waals surface area contributed by atoms with E-state index in [2.05, 4.69) is 42.5 Å². The topological polar surface area (TPSA) is 0 Å². The van der Waals surface area contributed by atoms with Crippen molar-refractivity contribution >= 4 is 22.4 Å². The van der Waals surface area contributed by atoms with Crippen LogP contribution in [0.5, 0.6) is 0 Å². The van der Waals surface area contributed by atoms with Crippen molar-refractivity contribution in [1.29, 1.82) is 0 Å². The van der Waals surface area contributed by atoms with Crippen LogP contribution < -0.4 is 0 Å². The first kappa shape index (κ1) is 10.9. The molecule has 0 bridgehead atoms. The Hall–Kier alpha value is -1.01. The summed E-state index contributed by atoms with van der Waals surface area (Å²) in [4.78, 5) is 0. The summed E-state index contributed by atoms with van der Waals surface area (Å²) in [6.45, 7) is 0. The van der Waals surface area contributed by atoms with Gasteiger partial charge in [-0.25, -0.2) is 0 Å². The first-order valence-electron chi connectivity index (χ1n) is 6.98. The third kappa shape index (κ3) is 1.52. The zero-order valence-electron chi connectivity index (χ0n) is 10.4. The highest BCUT2D eigenvalue weighted by Crippen LogP contribution is 2.64. The van der Waals surface area contributed by atoms with Gasteiger partial charge in [0.1, 0.15) is 0 Å². The molecule has 92 valence electrons. The molecule has 2 aromatic rings. The van der Waals surface area contributed by atoms with E-state index in [1.165, 1.54) is 35.6 Å². The Bertz CT molecular complexity index is 574. The van der Waals surface area contributed by atoms with E-state index >= 15 is 0 Å². The number of hydrogen-bond donors (Lipinski definition) is 0. The molecular formula is C17H17Cl. The van der Waals surface area contributed by atoms with Gasteiger partial charge in [-0.05, 0) is 46.9 Å². The minimum absolute atomic E-state index is 0.214. The fourth-order valence-electron chi connectivity index (χ4n) is 4.01. The summed E-state index contributed by atoms with van der Waals surface area (Å²) in [6.07, 6.45) is 4.23. The van der Waals surface area contributed by atoms with E-state index in [9.17, 15) is 0 Å². The average Bonchev–Trinajstić information content (AvgIpc) is 2.90. The normalized spacial score (nSPS) is 31.3. The Morgan fingerprint density at radius 3 is 2.50 bits per heavy atom. The first-order valence-corrected chi connectivity index (χ1v) is 7.41. The van der Waals surface area contributed by atoms with Gasteiger partial charge in [0.05, 0.1) is 5.38 Å².